The van der Waals surface area contributed by atoms with E-state index in [2.05, 4.69) is 22.5 Å². The van der Waals surface area contributed by atoms with Gasteiger partial charge in [-0.2, -0.15) is 0 Å². The predicted molar refractivity (Wildman–Crippen MR) is 193 cm³/mol. The zero-order chi connectivity index (χ0) is 38.5. The molecule has 1 rings (SSSR count). The fraction of sp³-hybridized carbons (Fsp3) is 0.600. The Balaban J connectivity index is 3.40. The SMILES string of the molecule is C=CC[C@H](NC(=O)[C@H](CCCCN)NC(=O)[C@H](CCCCN)NC(=O)[C@H](C)N)C(=O)N(CC(=O)N(CC(=O)O)CC(C)C)Cc1ccc(O)cc1. The third-order valence-corrected chi connectivity index (χ3v) is 7.80. The quantitative estimate of drug-likeness (QED) is 0.0490. The Hall–Kier alpha value is -4.54. The van der Waals surface area contributed by atoms with Crippen molar-refractivity contribution in [2.75, 3.05) is 32.7 Å². The molecule has 16 nitrogen and oxygen atoms in total. The Morgan fingerprint density at radius 3 is 1.75 bits per heavy atom. The number of phenolic OH excluding ortho intramolecular Hbond substituents is 1. The molecule has 0 saturated heterocycles. The van der Waals surface area contributed by atoms with Gasteiger partial charge in [0.2, 0.25) is 29.5 Å². The van der Waals surface area contributed by atoms with Gasteiger partial charge < -0.3 is 53.2 Å². The third kappa shape index (κ3) is 17.3. The number of phenols is 1. The van der Waals surface area contributed by atoms with E-state index in [0.29, 0.717) is 44.3 Å². The molecule has 0 radical (unpaired) electrons. The van der Waals surface area contributed by atoms with Gasteiger partial charge in [-0.1, -0.05) is 32.1 Å². The molecule has 0 heterocycles. The van der Waals surface area contributed by atoms with Crippen molar-refractivity contribution in [3.05, 3.63) is 42.5 Å². The van der Waals surface area contributed by atoms with E-state index in [-0.39, 0.29) is 44.0 Å². The van der Waals surface area contributed by atoms with E-state index in [9.17, 15) is 39.0 Å². The lowest BCUT2D eigenvalue weighted by atomic mass is 10.0. The van der Waals surface area contributed by atoms with Crippen LogP contribution in [0, 0.1) is 5.92 Å². The highest BCUT2D eigenvalue weighted by molar-refractivity contribution is 5.95. The molecule has 0 aliphatic heterocycles. The first-order valence-electron chi connectivity index (χ1n) is 17.4. The fourth-order valence-corrected chi connectivity index (χ4v) is 5.13. The maximum Gasteiger partial charge on any atom is 0.323 e. The second-order valence-electron chi connectivity index (χ2n) is 13.0. The molecule has 1 aromatic rings. The number of carboxylic acids is 1. The minimum atomic E-state index is -1.22. The van der Waals surface area contributed by atoms with Crippen LogP contribution in [0.3, 0.4) is 0 Å². The van der Waals surface area contributed by atoms with E-state index in [1.807, 2.05) is 13.8 Å². The van der Waals surface area contributed by atoms with Gasteiger partial charge in [0.15, 0.2) is 0 Å². The first kappa shape index (κ1) is 44.5. The number of hydrogen-bond donors (Lipinski definition) is 8. The molecule has 1 aromatic carbocycles. The average Bonchev–Trinajstić information content (AvgIpc) is 3.06. The molecular weight excluding hydrogens is 660 g/mol. The van der Waals surface area contributed by atoms with Gasteiger partial charge in [-0.05, 0) is 88.6 Å². The summed E-state index contributed by atoms with van der Waals surface area (Å²) in [4.78, 5) is 81.2. The van der Waals surface area contributed by atoms with Gasteiger partial charge in [-0.15, -0.1) is 6.58 Å². The minimum Gasteiger partial charge on any atom is -0.508 e. The summed E-state index contributed by atoms with van der Waals surface area (Å²) in [6.07, 6.45) is 3.99. The molecule has 16 heteroatoms. The molecule has 0 aromatic heterocycles. The molecule has 11 N–H and O–H groups in total. The number of nitrogens with zero attached hydrogens (tertiary/aromatic N) is 2. The molecule has 286 valence electrons. The number of rotatable bonds is 25. The summed E-state index contributed by atoms with van der Waals surface area (Å²) < 4.78 is 0. The standard InChI is InChI=1S/C35H58N8O8/c1-5-10-29(35(51)43(20-25-13-15-26(44)16-14-25)21-30(45)42(19-23(2)3)22-31(46)47)41-34(50)28(12-7-9-18-37)40-33(49)27(11-6-8-17-36)39-32(48)24(4)38/h5,13-16,23-24,27-29,44H,1,6-12,17-22,36-38H2,2-4H3,(H,39,48)(H,40,49)(H,41,50)(H,46,47)/t24-,27-,28-,29-/m0/s1. The van der Waals surface area contributed by atoms with Crippen LogP contribution in [0.15, 0.2) is 36.9 Å². The highest BCUT2D eigenvalue weighted by Crippen LogP contribution is 2.15. The number of carbonyl (C=O) groups is 6. The first-order valence-corrected chi connectivity index (χ1v) is 17.4. The maximum atomic E-state index is 14.1. The van der Waals surface area contributed by atoms with Crippen molar-refractivity contribution < 1.29 is 39.0 Å². The van der Waals surface area contributed by atoms with Crippen molar-refractivity contribution in [3.63, 3.8) is 0 Å². The second kappa shape index (κ2) is 23.8. The van der Waals surface area contributed by atoms with E-state index in [1.165, 1.54) is 30.0 Å². The van der Waals surface area contributed by atoms with Crippen LogP contribution in [0.4, 0.5) is 0 Å². The summed E-state index contributed by atoms with van der Waals surface area (Å²) in [7, 11) is 0. The van der Waals surface area contributed by atoms with Crippen LogP contribution in [0.25, 0.3) is 0 Å². The summed E-state index contributed by atoms with van der Waals surface area (Å²) in [5.41, 5.74) is 17.6. The molecule has 0 saturated carbocycles. The van der Waals surface area contributed by atoms with Crippen LogP contribution >= 0.6 is 0 Å². The lowest BCUT2D eigenvalue weighted by molar-refractivity contribution is -0.148. The summed E-state index contributed by atoms with van der Waals surface area (Å²) in [6.45, 7) is 8.58. The molecule has 0 fully saturated rings. The van der Waals surface area contributed by atoms with E-state index >= 15 is 0 Å². The Morgan fingerprint density at radius 1 is 0.784 bits per heavy atom. The van der Waals surface area contributed by atoms with Crippen LogP contribution in [0.5, 0.6) is 5.75 Å². The second-order valence-corrected chi connectivity index (χ2v) is 13.0. The Morgan fingerprint density at radius 2 is 1.29 bits per heavy atom. The number of aromatic hydroxyl groups is 1. The molecule has 0 unspecified atom stereocenters. The van der Waals surface area contributed by atoms with Crippen molar-refractivity contribution in [3.8, 4) is 5.75 Å². The van der Waals surface area contributed by atoms with Crippen molar-refractivity contribution >= 4 is 35.5 Å². The van der Waals surface area contributed by atoms with E-state index < -0.39 is 72.8 Å². The topological polar surface area (TPSA) is 264 Å². The predicted octanol–water partition coefficient (Wildman–Crippen LogP) is -0.0743. The molecule has 0 bridgehead atoms. The van der Waals surface area contributed by atoms with E-state index in [4.69, 9.17) is 17.2 Å². The number of aliphatic carboxylic acids is 1. The number of unbranched alkanes of at least 4 members (excludes halogenated alkanes) is 2. The van der Waals surface area contributed by atoms with Crippen LogP contribution in [0.1, 0.15) is 71.3 Å². The zero-order valence-corrected chi connectivity index (χ0v) is 30.1. The van der Waals surface area contributed by atoms with Gasteiger partial charge in [0, 0.05) is 13.1 Å². The van der Waals surface area contributed by atoms with Gasteiger partial charge >= 0.3 is 5.97 Å². The minimum absolute atomic E-state index is 0.00415. The molecule has 4 atom stereocenters. The van der Waals surface area contributed by atoms with Crippen LogP contribution in [-0.4, -0.2) is 112 Å². The normalized spacial score (nSPS) is 13.3. The summed E-state index contributed by atoms with van der Waals surface area (Å²) in [5, 5.41) is 27.3. The number of benzene rings is 1. The van der Waals surface area contributed by atoms with Crippen molar-refractivity contribution in [2.24, 2.45) is 23.1 Å². The maximum absolute atomic E-state index is 14.1. The number of nitrogens with two attached hydrogens (primary N) is 3. The van der Waals surface area contributed by atoms with Crippen molar-refractivity contribution in [1.82, 2.24) is 25.8 Å². The van der Waals surface area contributed by atoms with Crippen LogP contribution in [0.2, 0.25) is 0 Å². The van der Waals surface area contributed by atoms with Crippen LogP contribution < -0.4 is 33.2 Å². The number of carbonyl (C=O) groups excluding carboxylic acids is 5. The smallest absolute Gasteiger partial charge is 0.323 e. The van der Waals surface area contributed by atoms with Crippen molar-refractivity contribution in [1.29, 1.82) is 0 Å². The molecule has 51 heavy (non-hydrogen) atoms. The number of hydrogen-bond acceptors (Lipinski definition) is 10. The van der Waals surface area contributed by atoms with Crippen LogP contribution in [-0.2, 0) is 35.3 Å². The number of nitrogens with one attached hydrogen (secondary N) is 3. The lowest BCUT2D eigenvalue weighted by Crippen LogP contribution is -2.58. The first-order chi connectivity index (χ1) is 24.1. The molecular formula is C35H58N8O8. The Kier molecular flexibility index (Phi) is 20.7. The molecule has 5 amide bonds. The Labute approximate surface area is 300 Å². The summed E-state index contributed by atoms with van der Waals surface area (Å²) in [6, 6.07) is 1.80. The number of amides is 5. The average molecular weight is 719 g/mol. The molecule has 0 aliphatic rings. The lowest BCUT2D eigenvalue weighted by Gasteiger charge is -2.31. The van der Waals surface area contributed by atoms with Gasteiger partial charge in [0.05, 0.1) is 6.04 Å². The fourth-order valence-electron chi connectivity index (χ4n) is 5.13. The molecule has 0 aliphatic carbocycles. The van der Waals surface area contributed by atoms with E-state index in [0.717, 1.165) is 4.90 Å². The van der Waals surface area contributed by atoms with Gasteiger partial charge in [-0.3, -0.25) is 28.8 Å². The highest BCUT2D eigenvalue weighted by atomic mass is 16.4. The largest absolute Gasteiger partial charge is 0.508 e. The zero-order valence-electron chi connectivity index (χ0n) is 30.1. The Bertz CT molecular complexity index is 1290. The third-order valence-electron chi connectivity index (χ3n) is 7.80. The molecule has 0 spiro atoms. The number of carboxylic acid groups (broad SMARTS) is 1. The van der Waals surface area contributed by atoms with Gasteiger partial charge in [0.25, 0.3) is 0 Å². The summed E-state index contributed by atoms with van der Waals surface area (Å²) in [5.74, 6) is -4.35. The highest BCUT2D eigenvalue weighted by Gasteiger charge is 2.32. The monoisotopic (exact) mass is 718 g/mol. The van der Waals surface area contributed by atoms with Crippen molar-refractivity contribution in [2.45, 2.75) is 96.4 Å². The summed E-state index contributed by atoms with van der Waals surface area (Å²) >= 11 is 0. The van der Waals surface area contributed by atoms with Gasteiger partial charge in [-0.25, -0.2) is 0 Å². The van der Waals surface area contributed by atoms with Gasteiger partial charge in [0.1, 0.15) is 37.0 Å². The van der Waals surface area contributed by atoms with E-state index in [1.54, 1.807) is 12.1 Å².